The number of aliphatic carboxylic acids is 3. The van der Waals surface area contributed by atoms with Crippen molar-refractivity contribution in [3.05, 3.63) is 0 Å². The number of carbonyl (C=O) groups is 3. The third-order valence-electron chi connectivity index (χ3n) is 8.95. The molecule has 315 valence electrons. The van der Waals surface area contributed by atoms with Gasteiger partial charge in [0.25, 0.3) is 0 Å². The van der Waals surface area contributed by atoms with Crippen molar-refractivity contribution in [2.45, 2.75) is 272 Å². The molecule has 8 heteroatoms. The van der Waals surface area contributed by atoms with E-state index in [0.29, 0.717) is 0 Å². The number of aliphatic hydroxyl groups excluding tert-OH is 1. The summed E-state index contributed by atoms with van der Waals surface area (Å²) in [5.74, 6) is -2.72. The van der Waals surface area contributed by atoms with Crippen LogP contribution >= 0.6 is 0 Å². The number of carboxylic acid groups (broad SMARTS) is 3. The van der Waals surface area contributed by atoms with E-state index in [1.54, 1.807) is 13.8 Å². The van der Waals surface area contributed by atoms with Gasteiger partial charge >= 0.3 is 21.7 Å². The molecule has 0 spiro atoms. The first-order chi connectivity index (χ1) is 25.0. The first-order valence-corrected chi connectivity index (χ1v) is 22.3. The Morgan fingerprint density at radius 2 is 0.453 bits per heavy atom. The minimum Gasteiger partial charge on any atom is -0.550 e. The fourth-order valence-corrected chi connectivity index (χ4v) is 5.80. The van der Waals surface area contributed by atoms with E-state index in [1.807, 2.05) is 0 Å². The Morgan fingerprint density at radius 3 is 0.566 bits per heavy atom. The summed E-state index contributed by atoms with van der Waals surface area (Å²) in [6, 6.07) is 0. The third-order valence-corrected chi connectivity index (χ3v) is 8.95. The van der Waals surface area contributed by atoms with E-state index >= 15 is 0 Å². The summed E-state index contributed by atoms with van der Waals surface area (Å²) in [7, 11) is 0. The molecule has 0 aliphatic heterocycles. The van der Waals surface area contributed by atoms with Crippen LogP contribution in [-0.2, 0) is 36.1 Å². The summed E-state index contributed by atoms with van der Waals surface area (Å²) < 4.78 is 0. The third kappa shape index (κ3) is 84.9. The van der Waals surface area contributed by atoms with Gasteiger partial charge in [-0.2, -0.15) is 0 Å². The van der Waals surface area contributed by atoms with E-state index in [2.05, 4.69) is 20.8 Å². The number of carboxylic acids is 3. The van der Waals surface area contributed by atoms with Crippen molar-refractivity contribution in [1.29, 1.82) is 0 Å². The van der Waals surface area contributed by atoms with Crippen LogP contribution in [0.25, 0.3) is 0 Å². The summed E-state index contributed by atoms with van der Waals surface area (Å²) in [4.78, 5) is 30.4. The van der Waals surface area contributed by atoms with Crippen molar-refractivity contribution in [3.8, 4) is 0 Å². The maximum Gasteiger partial charge on any atom is 3.00 e. The molecule has 0 aromatic rings. The zero-order valence-corrected chi connectivity index (χ0v) is 37.5. The summed E-state index contributed by atoms with van der Waals surface area (Å²) >= 11 is 0. The summed E-state index contributed by atoms with van der Waals surface area (Å²) in [5, 5.41) is 38.5. The Morgan fingerprint density at radius 1 is 0.340 bits per heavy atom. The van der Waals surface area contributed by atoms with Crippen molar-refractivity contribution in [1.82, 2.24) is 0 Å². The van der Waals surface area contributed by atoms with E-state index in [-0.39, 0.29) is 47.1 Å². The van der Waals surface area contributed by atoms with Crippen LogP contribution in [-0.4, -0.2) is 29.1 Å². The van der Waals surface area contributed by atoms with Gasteiger partial charge in [0.2, 0.25) is 0 Å². The van der Waals surface area contributed by atoms with Crippen molar-refractivity contribution in [3.63, 3.8) is 0 Å². The molecule has 0 fully saturated rings. The molecule has 53 heavy (non-hydrogen) atoms. The van der Waals surface area contributed by atoms with Crippen LogP contribution in [0.1, 0.15) is 266 Å². The fourth-order valence-electron chi connectivity index (χ4n) is 5.80. The van der Waals surface area contributed by atoms with Crippen molar-refractivity contribution < 1.29 is 56.5 Å². The van der Waals surface area contributed by atoms with Gasteiger partial charge in [-0.15, -0.1) is 0 Å². The summed E-state index contributed by atoms with van der Waals surface area (Å²) in [5.41, 5.74) is 0. The molecule has 0 saturated carbocycles. The second kappa shape index (κ2) is 57.8. The molecule has 1 N–H and O–H groups in total. The van der Waals surface area contributed by atoms with Crippen molar-refractivity contribution in [2.75, 3.05) is 0 Å². The molecule has 0 atom stereocenters. The van der Waals surface area contributed by atoms with Crippen LogP contribution in [0.3, 0.4) is 0 Å². The van der Waals surface area contributed by atoms with Crippen LogP contribution in [0.5, 0.6) is 0 Å². The molecule has 0 aliphatic rings. The molecule has 0 bridgehead atoms. The van der Waals surface area contributed by atoms with Gasteiger partial charge in [-0.05, 0) is 52.4 Å². The van der Waals surface area contributed by atoms with Gasteiger partial charge < -0.3 is 34.8 Å². The van der Waals surface area contributed by atoms with Gasteiger partial charge in [0, 0.05) is 24.0 Å². The number of unbranched alkanes of at least 4 members (excludes halogenated alkanes) is 30. The molecular weight excluding hydrogens is 700 g/mol. The Hall–Kier alpha value is -0.916. The monoisotopic (exact) mass is 790 g/mol. The molecule has 0 rings (SSSR count). The average molecular weight is 790 g/mol. The number of carbonyl (C=O) groups excluding carboxylic acids is 3. The van der Waals surface area contributed by atoms with Gasteiger partial charge in [0.05, 0.1) is 0 Å². The molecule has 1 radical (unpaired) electrons. The zero-order valence-electron chi connectivity index (χ0n) is 35.9. The van der Waals surface area contributed by atoms with E-state index in [4.69, 9.17) is 5.11 Å². The van der Waals surface area contributed by atoms with Gasteiger partial charge in [0.15, 0.2) is 0 Å². The molecule has 0 aromatic carbocycles. The molecular formula is C45H89O7Ti. The molecule has 0 heterocycles. The van der Waals surface area contributed by atoms with Gasteiger partial charge in [-0.1, -0.05) is 213 Å². The van der Waals surface area contributed by atoms with Crippen LogP contribution < -0.4 is 15.3 Å². The van der Waals surface area contributed by atoms with E-state index in [1.165, 1.54) is 173 Å². The maximum absolute atomic E-state index is 10.1. The van der Waals surface area contributed by atoms with Gasteiger partial charge in [-0.3, -0.25) is 0 Å². The molecule has 0 aromatic heterocycles. The van der Waals surface area contributed by atoms with Crippen molar-refractivity contribution in [2.24, 2.45) is 0 Å². The minimum absolute atomic E-state index is 0. The largest absolute Gasteiger partial charge is 3.00 e. The topological polar surface area (TPSA) is 141 Å². The predicted octanol–water partition coefficient (Wildman–Crippen LogP) is 10.7. The maximum atomic E-state index is 10.1. The fraction of sp³-hybridized carbons (Fsp3) is 0.933. The summed E-state index contributed by atoms with van der Waals surface area (Å²) in [6.07, 6.45) is 41.9. The average Bonchev–Trinajstić information content (AvgIpc) is 3.08. The van der Waals surface area contributed by atoms with E-state index in [9.17, 15) is 29.7 Å². The second-order valence-electron chi connectivity index (χ2n) is 15.1. The molecule has 7 nitrogen and oxygen atoms in total. The molecule has 0 aliphatic carbocycles. The van der Waals surface area contributed by atoms with Crippen LogP contribution in [0.15, 0.2) is 0 Å². The number of hydrogen-bond acceptors (Lipinski definition) is 7. The Kier molecular flexibility index (Phi) is 66.9. The van der Waals surface area contributed by atoms with Gasteiger partial charge in [0.1, 0.15) is 0 Å². The quantitative estimate of drug-likeness (QED) is 0.0492. The second-order valence-corrected chi connectivity index (χ2v) is 15.1. The molecule has 0 saturated heterocycles. The Labute approximate surface area is 344 Å². The first kappa shape index (κ1) is 61.3. The molecule has 0 amide bonds. The van der Waals surface area contributed by atoms with E-state index in [0.717, 1.165) is 38.5 Å². The Balaban J connectivity index is -0.000000204. The zero-order chi connectivity index (χ0) is 39.8. The van der Waals surface area contributed by atoms with Crippen LogP contribution in [0.2, 0.25) is 0 Å². The standard InChI is InChI=1S/3C14H28O2.C3H8O.Ti/c3*1-2-3-4-5-6-7-8-9-10-11-12-13-14(15)16;1-3(2)4;/h3*2-13H2,1H3,(H,15,16);3-4H,1-2H3;/q;;;;+3/p-3. The summed E-state index contributed by atoms with van der Waals surface area (Å²) in [6.45, 7) is 10.2. The predicted molar refractivity (Wildman–Crippen MR) is 216 cm³/mol. The number of hydrogen-bond donors (Lipinski definition) is 1. The normalized spacial score (nSPS) is 10.2. The number of rotatable bonds is 36. The smallest absolute Gasteiger partial charge is 0.550 e. The van der Waals surface area contributed by atoms with Crippen LogP contribution in [0, 0.1) is 0 Å². The Bertz CT molecular complexity index is 599. The van der Waals surface area contributed by atoms with E-state index < -0.39 is 17.9 Å². The van der Waals surface area contributed by atoms with Gasteiger partial charge in [-0.25, -0.2) is 0 Å². The van der Waals surface area contributed by atoms with Crippen LogP contribution in [0.4, 0.5) is 0 Å². The molecule has 0 unspecified atom stereocenters. The SMILES string of the molecule is CC(C)O.CCCCCCCCCCCCCC(=O)[O-].CCCCCCCCCCCCCC(=O)[O-].CCCCCCCCCCCCCC(=O)[O-].[Ti+3]. The minimum atomic E-state index is -0.907. The first-order valence-electron chi connectivity index (χ1n) is 22.3. The number of aliphatic hydroxyl groups is 1. The van der Waals surface area contributed by atoms with Crippen molar-refractivity contribution >= 4 is 17.9 Å².